The molecule has 0 aliphatic heterocycles. The number of methoxy groups -OCH3 is 1. The first-order valence-corrected chi connectivity index (χ1v) is 5.43. The molecule has 0 aliphatic carbocycles. The van der Waals surface area contributed by atoms with Crippen molar-refractivity contribution in [2.24, 2.45) is 0 Å². The first-order valence-electron chi connectivity index (χ1n) is 5.43. The maximum atomic E-state index is 13.3. The van der Waals surface area contributed by atoms with Gasteiger partial charge in [-0.3, -0.25) is 0 Å². The summed E-state index contributed by atoms with van der Waals surface area (Å²) in [5.41, 5.74) is 0.0904. The molecular weight excluding hydrogens is 293 g/mol. The maximum Gasteiger partial charge on any atom is 0.459 e. The maximum absolute atomic E-state index is 13.3. The van der Waals surface area contributed by atoms with Crippen molar-refractivity contribution in [3.63, 3.8) is 0 Å². The van der Waals surface area contributed by atoms with Crippen LogP contribution in [0.15, 0.2) is 30.3 Å². The van der Waals surface area contributed by atoms with E-state index >= 15 is 0 Å². The number of alkyl halides is 7. The van der Waals surface area contributed by atoms with Crippen LogP contribution in [0.5, 0.6) is 0 Å². The molecule has 0 spiro atoms. The molecule has 0 aromatic heterocycles. The molecule has 1 aromatic rings. The Morgan fingerprint density at radius 2 is 1.45 bits per heavy atom. The average molecular weight is 304 g/mol. The molecule has 1 rings (SSSR count). The van der Waals surface area contributed by atoms with E-state index in [0.29, 0.717) is 0 Å². The third-order valence-corrected chi connectivity index (χ3v) is 2.71. The molecule has 0 bridgehead atoms. The lowest BCUT2D eigenvalue weighted by atomic mass is 9.98. The lowest BCUT2D eigenvalue weighted by Gasteiger charge is -2.30. The van der Waals surface area contributed by atoms with Crippen LogP contribution in [0.2, 0.25) is 0 Å². The fourth-order valence-corrected chi connectivity index (χ4v) is 1.57. The van der Waals surface area contributed by atoms with Gasteiger partial charge in [-0.15, -0.1) is 0 Å². The summed E-state index contributed by atoms with van der Waals surface area (Å²) in [6.45, 7) is 0. The van der Waals surface area contributed by atoms with E-state index in [2.05, 4.69) is 4.74 Å². The molecule has 0 heterocycles. The molecule has 0 amide bonds. The summed E-state index contributed by atoms with van der Waals surface area (Å²) in [4.78, 5) is 0. The predicted octanol–water partition coefficient (Wildman–Crippen LogP) is 4.60. The monoisotopic (exact) mass is 304 g/mol. The Bertz CT molecular complexity index is 427. The molecule has 0 radical (unpaired) electrons. The van der Waals surface area contributed by atoms with Crippen LogP contribution in [0, 0.1) is 0 Å². The van der Waals surface area contributed by atoms with Crippen LogP contribution in [-0.2, 0) is 4.74 Å². The van der Waals surface area contributed by atoms with Gasteiger partial charge in [0.1, 0.15) is 0 Å². The van der Waals surface area contributed by atoms with E-state index in [1.165, 1.54) is 24.3 Å². The minimum absolute atomic E-state index is 0.0904. The zero-order valence-corrected chi connectivity index (χ0v) is 10.2. The molecular formula is C12H11F7O. The SMILES string of the molecule is COC(CC(F)(F)C(F)(F)C(F)(F)F)c1ccccc1. The summed E-state index contributed by atoms with van der Waals surface area (Å²) in [5.74, 6) is -11.4. The lowest BCUT2D eigenvalue weighted by molar-refractivity contribution is -0.358. The number of rotatable bonds is 5. The van der Waals surface area contributed by atoms with Crippen molar-refractivity contribution in [1.29, 1.82) is 0 Å². The Morgan fingerprint density at radius 3 is 1.85 bits per heavy atom. The third kappa shape index (κ3) is 3.23. The van der Waals surface area contributed by atoms with Gasteiger partial charge < -0.3 is 4.74 Å². The van der Waals surface area contributed by atoms with Crippen molar-refractivity contribution in [3.05, 3.63) is 35.9 Å². The second kappa shape index (κ2) is 5.59. The molecule has 1 aromatic carbocycles. The second-order valence-corrected chi connectivity index (χ2v) is 4.12. The Balaban J connectivity index is 3.00. The molecule has 1 nitrogen and oxygen atoms in total. The Labute approximate surface area is 110 Å². The van der Waals surface area contributed by atoms with Gasteiger partial charge in [0, 0.05) is 13.5 Å². The van der Waals surface area contributed by atoms with Gasteiger partial charge in [-0.25, -0.2) is 0 Å². The molecule has 0 aliphatic rings. The highest BCUT2D eigenvalue weighted by Gasteiger charge is 2.73. The van der Waals surface area contributed by atoms with Crippen LogP contribution in [0.1, 0.15) is 18.1 Å². The van der Waals surface area contributed by atoms with Crippen molar-refractivity contribution in [3.8, 4) is 0 Å². The first kappa shape index (κ1) is 16.7. The normalized spacial score (nSPS) is 15.2. The first-order chi connectivity index (χ1) is 9.03. The number of hydrogen-bond acceptors (Lipinski definition) is 1. The van der Waals surface area contributed by atoms with E-state index in [-0.39, 0.29) is 5.56 Å². The average Bonchev–Trinajstić information content (AvgIpc) is 2.35. The van der Waals surface area contributed by atoms with Crippen molar-refractivity contribution >= 4 is 0 Å². The summed E-state index contributed by atoms with van der Waals surface area (Å²) < 4.78 is 92.8. The van der Waals surface area contributed by atoms with E-state index in [0.717, 1.165) is 7.11 Å². The van der Waals surface area contributed by atoms with Gasteiger partial charge in [0.05, 0.1) is 6.10 Å². The van der Waals surface area contributed by atoms with Crippen LogP contribution in [0.3, 0.4) is 0 Å². The van der Waals surface area contributed by atoms with E-state index in [9.17, 15) is 30.7 Å². The van der Waals surface area contributed by atoms with Crippen molar-refractivity contribution in [1.82, 2.24) is 0 Å². The van der Waals surface area contributed by atoms with Crippen LogP contribution < -0.4 is 0 Å². The summed E-state index contributed by atoms with van der Waals surface area (Å²) in [6.07, 6.45) is -9.68. The van der Waals surface area contributed by atoms with Crippen LogP contribution in [-0.4, -0.2) is 25.1 Å². The fraction of sp³-hybridized carbons (Fsp3) is 0.500. The van der Waals surface area contributed by atoms with E-state index in [4.69, 9.17) is 0 Å². The van der Waals surface area contributed by atoms with Gasteiger partial charge in [0.25, 0.3) is 0 Å². The van der Waals surface area contributed by atoms with E-state index in [1.807, 2.05) is 0 Å². The topological polar surface area (TPSA) is 9.23 Å². The molecule has 0 N–H and O–H groups in total. The highest BCUT2D eigenvalue weighted by atomic mass is 19.4. The van der Waals surface area contributed by atoms with Gasteiger partial charge in [0.15, 0.2) is 0 Å². The highest BCUT2D eigenvalue weighted by molar-refractivity contribution is 5.18. The van der Waals surface area contributed by atoms with Crippen molar-refractivity contribution < 1.29 is 35.5 Å². The smallest absolute Gasteiger partial charge is 0.377 e. The molecule has 0 saturated carbocycles. The Kier molecular flexibility index (Phi) is 4.68. The van der Waals surface area contributed by atoms with E-state index < -0.39 is 30.5 Å². The van der Waals surface area contributed by atoms with Crippen molar-refractivity contribution in [2.75, 3.05) is 7.11 Å². The van der Waals surface area contributed by atoms with Crippen LogP contribution >= 0.6 is 0 Å². The summed E-state index contributed by atoms with van der Waals surface area (Å²) in [6, 6.07) is 7.01. The van der Waals surface area contributed by atoms with Gasteiger partial charge in [0.2, 0.25) is 0 Å². The summed E-state index contributed by atoms with van der Waals surface area (Å²) >= 11 is 0. The number of benzene rings is 1. The number of halogens is 7. The lowest BCUT2D eigenvalue weighted by Crippen LogP contribution is -2.52. The quantitative estimate of drug-likeness (QED) is 0.723. The molecule has 0 saturated heterocycles. The van der Waals surface area contributed by atoms with Gasteiger partial charge in [-0.2, -0.15) is 30.7 Å². The molecule has 0 fully saturated rings. The summed E-state index contributed by atoms with van der Waals surface area (Å²) in [5, 5.41) is 0. The molecule has 114 valence electrons. The zero-order chi connectivity index (χ0) is 15.6. The van der Waals surface area contributed by atoms with Crippen LogP contribution in [0.25, 0.3) is 0 Å². The van der Waals surface area contributed by atoms with E-state index in [1.54, 1.807) is 6.07 Å². The Morgan fingerprint density at radius 1 is 0.950 bits per heavy atom. The third-order valence-electron chi connectivity index (χ3n) is 2.71. The largest absolute Gasteiger partial charge is 0.459 e. The zero-order valence-electron chi connectivity index (χ0n) is 10.2. The molecule has 8 heteroatoms. The van der Waals surface area contributed by atoms with Crippen LogP contribution in [0.4, 0.5) is 30.7 Å². The fourth-order valence-electron chi connectivity index (χ4n) is 1.57. The van der Waals surface area contributed by atoms with Gasteiger partial charge >= 0.3 is 18.0 Å². The molecule has 1 atom stereocenters. The predicted molar refractivity (Wildman–Crippen MR) is 56.8 cm³/mol. The Hall–Kier alpha value is -1.31. The standard InChI is InChI=1S/C12H11F7O/c1-20-9(8-5-3-2-4-6-8)7-10(13,14)11(15,16)12(17,18)19/h2-6,9H,7H2,1H3. The minimum Gasteiger partial charge on any atom is -0.377 e. The van der Waals surface area contributed by atoms with Gasteiger partial charge in [-0.05, 0) is 5.56 Å². The van der Waals surface area contributed by atoms with Gasteiger partial charge in [-0.1, -0.05) is 30.3 Å². The highest BCUT2D eigenvalue weighted by Crippen LogP contribution is 2.50. The number of ether oxygens (including phenoxy) is 1. The molecule has 20 heavy (non-hydrogen) atoms. The minimum atomic E-state index is -6.33. The number of hydrogen-bond donors (Lipinski definition) is 0. The summed E-state index contributed by atoms with van der Waals surface area (Å²) in [7, 11) is 0.958. The van der Waals surface area contributed by atoms with Crippen molar-refractivity contribution in [2.45, 2.75) is 30.5 Å². The molecule has 1 unspecified atom stereocenters. The second-order valence-electron chi connectivity index (χ2n) is 4.12.